The van der Waals surface area contributed by atoms with E-state index in [0.717, 1.165) is 5.56 Å². The van der Waals surface area contributed by atoms with E-state index in [2.05, 4.69) is 22.4 Å². The molecule has 1 aliphatic rings. The summed E-state index contributed by atoms with van der Waals surface area (Å²) in [6, 6.07) is 23.1. The molecule has 0 atom stereocenters. The van der Waals surface area contributed by atoms with Gasteiger partial charge in [0.15, 0.2) is 0 Å². The first-order valence-electron chi connectivity index (χ1n) is 10.8. The molecule has 2 N–H and O–H groups in total. The number of hydrogen-bond acceptors (Lipinski definition) is 4. The molecule has 4 aromatic rings. The normalized spacial score (nSPS) is 12.5. The molecule has 0 radical (unpaired) electrons. The van der Waals surface area contributed by atoms with Gasteiger partial charge in [0.2, 0.25) is 0 Å². The first kappa shape index (κ1) is 22.3. The molecule has 0 unspecified atom stereocenters. The van der Waals surface area contributed by atoms with Crippen LogP contribution in [-0.2, 0) is 4.79 Å². The first-order valence-corrected chi connectivity index (χ1v) is 11.2. The van der Waals surface area contributed by atoms with Crippen molar-refractivity contribution in [2.24, 2.45) is 0 Å². The molecule has 8 heteroatoms. The van der Waals surface area contributed by atoms with E-state index < -0.39 is 11.8 Å². The molecule has 0 saturated heterocycles. The number of pyridine rings is 1. The molecule has 0 spiro atoms. The summed E-state index contributed by atoms with van der Waals surface area (Å²) >= 11 is 6.00. The number of hydrazine groups is 1. The fraction of sp³-hybridized carbons (Fsp3) is 0.0370. The smallest absolute Gasteiger partial charge is 0.270 e. The molecule has 3 amide bonds. The zero-order valence-electron chi connectivity index (χ0n) is 18.4. The number of carbonyl (C=O) groups excluding carboxylic acids is 3. The second kappa shape index (κ2) is 9.04. The van der Waals surface area contributed by atoms with Gasteiger partial charge in [0, 0.05) is 32.8 Å². The molecular weight excluding hydrogens is 464 g/mol. The van der Waals surface area contributed by atoms with E-state index in [4.69, 9.17) is 11.6 Å². The third kappa shape index (κ3) is 4.25. The highest BCUT2D eigenvalue weighted by Gasteiger charge is 2.32. The lowest BCUT2D eigenvalue weighted by Crippen LogP contribution is -2.46. The van der Waals surface area contributed by atoms with Crippen LogP contribution in [0.1, 0.15) is 26.3 Å². The Kier molecular flexibility index (Phi) is 5.76. The van der Waals surface area contributed by atoms with Crippen LogP contribution in [0.3, 0.4) is 0 Å². The number of aromatic nitrogens is 1. The Balaban J connectivity index is 1.34. The molecule has 0 fully saturated rings. The molecule has 1 aromatic heterocycles. The minimum atomic E-state index is -0.558. The maximum atomic E-state index is 13.1. The monoisotopic (exact) mass is 482 g/mol. The van der Waals surface area contributed by atoms with Gasteiger partial charge in [-0.3, -0.25) is 30.1 Å². The fourth-order valence-electron chi connectivity index (χ4n) is 4.01. The van der Waals surface area contributed by atoms with Crippen LogP contribution >= 0.6 is 11.6 Å². The van der Waals surface area contributed by atoms with Gasteiger partial charge < -0.3 is 0 Å². The first-order chi connectivity index (χ1) is 16.9. The molecule has 0 aliphatic carbocycles. The Morgan fingerprint density at radius 1 is 0.914 bits per heavy atom. The Morgan fingerprint density at radius 3 is 2.34 bits per heavy atom. The van der Waals surface area contributed by atoms with Crippen LogP contribution in [0.2, 0.25) is 5.02 Å². The largest absolute Gasteiger partial charge is 0.299 e. The minimum absolute atomic E-state index is 0.278. The summed E-state index contributed by atoms with van der Waals surface area (Å²) in [6.45, 7) is 3.65. The van der Waals surface area contributed by atoms with Gasteiger partial charge >= 0.3 is 0 Å². The molecule has 5 rings (SSSR count). The Hall–Kier alpha value is -4.49. The highest BCUT2D eigenvalue weighted by molar-refractivity contribution is 6.30. The number of carbonyl (C=O) groups is 3. The number of benzene rings is 3. The lowest BCUT2D eigenvalue weighted by Gasteiger charge is -2.17. The number of nitrogens with zero attached hydrogens (tertiary/aromatic N) is 2. The van der Waals surface area contributed by atoms with Gasteiger partial charge in [-0.15, -0.1) is 0 Å². The van der Waals surface area contributed by atoms with Gasteiger partial charge in [0.25, 0.3) is 17.7 Å². The molecule has 3 aromatic carbocycles. The number of amides is 3. The molecule has 0 saturated carbocycles. The Labute approximate surface area is 206 Å². The van der Waals surface area contributed by atoms with Crippen LogP contribution in [0.4, 0.5) is 0 Å². The van der Waals surface area contributed by atoms with Crippen molar-refractivity contribution in [2.75, 3.05) is 6.54 Å². The number of hydrogen-bond donors (Lipinski definition) is 2. The second-order valence-electron chi connectivity index (χ2n) is 7.96. The molecular formula is C27H19ClN4O3. The van der Waals surface area contributed by atoms with Crippen LogP contribution in [-0.4, -0.2) is 34.2 Å². The molecule has 1 aliphatic heterocycles. The Morgan fingerprint density at radius 2 is 1.60 bits per heavy atom. The molecule has 172 valence electrons. The van der Waals surface area contributed by atoms with Crippen molar-refractivity contribution in [3.63, 3.8) is 0 Å². The average Bonchev–Trinajstić information content (AvgIpc) is 3.12. The molecule has 0 bridgehead atoms. The average molecular weight is 483 g/mol. The van der Waals surface area contributed by atoms with E-state index in [0.29, 0.717) is 44.0 Å². The van der Waals surface area contributed by atoms with Gasteiger partial charge in [-0.1, -0.05) is 66.7 Å². The van der Waals surface area contributed by atoms with Crippen LogP contribution in [0.15, 0.2) is 85.4 Å². The van der Waals surface area contributed by atoms with Gasteiger partial charge in [-0.2, -0.15) is 0 Å². The number of nitrogens with one attached hydrogen (secondary N) is 2. The predicted molar refractivity (Wildman–Crippen MR) is 134 cm³/mol. The van der Waals surface area contributed by atoms with Crippen molar-refractivity contribution < 1.29 is 14.4 Å². The third-order valence-corrected chi connectivity index (χ3v) is 6.01. The van der Waals surface area contributed by atoms with Crippen LogP contribution in [0, 0.1) is 0 Å². The van der Waals surface area contributed by atoms with Crippen molar-refractivity contribution in [1.29, 1.82) is 0 Å². The fourth-order valence-corrected chi connectivity index (χ4v) is 4.14. The minimum Gasteiger partial charge on any atom is -0.299 e. The summed E-state index contributed by atoms with van der Waals surface area (Å²) < 4.78 is 0. The van der Waals surface area contributed by atoms with Gasteiger partial charge in [-0.25, -0.2) is 4.98 Å². The highest BCUT2D eigenvalue weighted by atomic mass is 35.5. The van der Waals surface area contributed by atoms with E-state index in [9.17, 15) is 14.4 Å². The van der Waals surface area contributed by atoms with Crippen molar-refractivity contribution in [3.05, 3.63) is 107 Å². The summed E-state index contributed by atoms with van der Waals surface area (Å²) in [6.07, 6.45) is 0. The van der Waals surface area contributed by atoms with Crippen molar-refractivity contribution in [3.8, 4) is 11.3 Å². The van der Waals surface area contributed by atoms with Crippen LogP contribution < -0.4 is 10.9 Å². The number of fused-ring (bicyclic) bond motifs is 2. The summed E-state index contributed by atoms with van der Waals surface area (Å²) in [4.78, 5) is 44.2. The van der Waals surface area contributed by atoms with Crippen molar-refractivity contribution >= 4 is 45.9 Å². The summed E-state index contributed by atoms with van der Waals surface area (Å²) in [5, 5.41) is 1.23. The third-order valence-electron chi connectivity index (χ3n) is 5.76. The lowest BCUT2D eigenvalue weighted by molar-refractivity contribution is -0.122. The number of halogens is 1. The van der Waals surface area contributed by atoms with Crippen molar-refractivity contribution in [2.45, 2.75) is 0 Å². The van der Waals surface area contributed by atoms with Crippen LogP contribution in [0.5, 0.6) is 0 Å². The lowest BCUT2D eigenvalue weighted by atomic mass is 10.0. The standard InChI is InChI=1S/C27H19ClN4O3/c1-16-19-6-2-3-8-21(19)27(35)32(16)15-25(33)30-31-26(34)22-14-24(17-10-12-18(28)13-11-17)29-23-9-5-4-7-20(22)23/h2-14H,1,15H2,(H,30,33)(H,31,34). The highest BCUT2D eigenvalue weighted by Crippen LogP contribution is 2.30. The molecule has 7 nitrogen and oxygen atoms in total. The topological polar surface area (TPSA) is 91.4 Å². The van der Waals surface area contributed by atoms with Crippen molar-refractivity contribution in [1.82, 2.24) is 20.7 Å². The maximum absolute atomic E-state index is 13.1. The van der Waals surface area contributed by atoms with E-state index in [1.165, 1.54) is 4.90 Å². The second-order valence-corrected chi connectivity index (χ2v) is 8.40. The van der Waals surface area contributed by atoms with Gasteiger partial charge in [-0.05, 0) is 30.3 Å². The zero-order valence-corrected chi connectivity index (χ0v) is 19.2. The summed E-state index contributed by atoms with van der Waals surface area (Å²) in [5.41, 5.74) is 8.83. The summed E-state index contributed by atoms with van der Waals surface area (Å²) in [5.74, 6) is -1.38. The maximum Gasteiger partial charge on any atom is 0.270 e. The van der Waals surface area contributed by atoms with E-state index >= 15 is 0 Å². The number of para-hydroxylation sites is 1. The van der Waals surface area contributed by atoms with Gasteiger partial charge in [0.1, 0.15) is 6.54 Å². The van der Waals surface area contributed by atoms with Crippen LogP contribution in [0.25, 0.3) is 27.9 Å². The SMILES string of the molecule is C=C1c2ccccc2C(=O)N1CC(=O)NNC(=O)c1cc(-c2ccc(Cl)cc2)nc2ccccc12. The predicted octanol–water partition coefficient (Wildman–Crippen LogP) is 4.44. The van der Waals surface area contributed by atoms with Gasteiger partial charge in [0.05, 0.1) is 16.8 Å². The Bertz CT molecular complexity index is 1480. The summed E-state index contributed by atoms with van der Waals surface area (Å²) in [7, 11) is 0. The molecule has 2 heterocycles. The van der Waals surface area contributed by atoms with E-state index in [-0.39, 0.29) is 12.5 Å². The quantitative estimate of drug-likeness (QED) is 0.421. The molecule has 35 heavy (non-hydrogen) atoms. The number of rotatable bonds is 4. The zero-order chi connectivity index (χ0) is 24.5. The van der Waals surface area contributed by atoms with E-state index in [1.807, 2.05) is 30.3 Å². The van der Waals surface area contributed by atoms with E-state index in [1.54, 1.807) is 48.5 Å².